The zero-order valence-electron chi connectivity index (χ0n) is 15.2. The molecule has 28 heavy (non-hydrogen) atoms. The smallest absolute Gasteiger partial charge is 0.347 e. The summed E-state index contributed by atoms with van der Waals surface area (Å²) in [4.78, 5) is 28.0. The molecule has 0 aliphatic carbocycles. The maximum absolute atomic E-state index is 12.5. The standard InChI is InChI=1S/C21H20N4O3/c26-20(24-18-9-12-28-19-8-2-1-7-17(18)19)23-16-6-3-5-15(13-16)14-25-11-4-10-22-21(25)27/h1-8,10-11,13,18H,9,12,14H2,(H2,23,24,26). The van der Waals surface area contributed by atoms with Gasteiger partial charge in [0.2, 0.25) is 0 Å². The highest BCUT2D eigenvalue weighted by Gasteiger charge is 2.22. The van der Waals surface area contributed by atoms with Gasteiger partial charge >= 0.3 is 11.7 Å². The van der Waals surface area contributed by atoms with Crippen molar-refractivity contribution in [3.05, 3.63) is 88.6 Å². The minimum Gasteiger partial charge on any atom is -0.493 e. The Morgan fingerprint density at radius 2 is 2.07 bits per heavy atom. The summed E-state index contributed by atoms with van der Waals surface area (Å²) in [5.74, 6) is 0.808. The predicted molar refractivity (Wildman–Crippen MR) is 105 cm³/mol. The highest BCUT2D eigenvalue weighted by Crippen LogP contribution is 2.31. The summed E-state index contributed by atoms with van der Waals surface area (Å²) >= 11 is 0. The average Bonchev–Trinajstić information content (AvgIpc) is 2.70. The van der Waals surface area contributed by atoms with E-state index in [1.807, 2.05) is 48.5 Å². The highest BCUT2D eigenvalue weighted by atomic mass is 16.5. The van der Waals surface area contributed by atoms with Crippen LogP contribution < -0.4 is 21.1 Å². The first-order chi connectivity index (χ1) is 13.7. The first-order valence-corrected chi connectivity index (χ1v) is 9.09. The Morgan fingerprint density at radius 3 is 2.96 bits per heavy atom. The second kappa shape index (κ2) is 7.96. The van der Waals surface area contributed by atoms with Gasteiger partial charge in [-0.05, 0) is 29.8 Å². The van der Waals surface area contributed by atoms with E-state index in [-0.39, 0.29) is 17.8 Å². The van der Waals surface area contributed by atoms with Gasteiger partial charge in [-0.1, -0.05) is 30.3 Å². The lowest BCUT2D eigenvalue weighted by atomic mass is 10.0. The van der Waals surface area contributed by atoms with Crippen LogP contribution >= 0.6 is 0 Å². The Balaban J connectivity index is 1.43. The van der Waals surface area contributed by atoms with Gasteiger partial charge in [-0.25, -0.2) is 14.6 Å². The van der Waals surface area contributed by atoms with E-state index in [4.69, 9.17) is 4.74 Å². The van der Waals surface area contributed by atoms with Crippen LogP contribution in [0.25, 0.3) is 0 Å². The second-order valence-corrected chi connectivity index (χ2v) is 6.56. The van der Waals surface area contributed by atoms with E-state index >= 15 is 0 Å². The first kappa shape index (κ1) is 17.8. The fourth-order valence-corrected chi connectivity index (χ4v) is 3.27. The van der Waals surface area contributed by atoms with E-state index in [1.54, 1.807) is 12.3 Å². The summed E-state index contributed by atoms with van der Waals surface area (Å²) in [6.07, 6.45) is 3.87. The molecule has 3 aromatic rings. The molecule has 0 saturated carbocycles. The lowest BCUT2D eigenvalue weighted by Crippen LogP contribution is -2.35. The van der Waals surface area contributed by atoms with Crippen molar-refractivity contribution >= 4 is 11.7 Å². The van der Waals surface area contributed by atoms with E-state index < -0.39 is 0 Å². The van der Waals surface area contributed by atoms with Crippen LogP contribution in [0.4, 0.5) is 10.5 Å². The predicted octanol–water partition coefficient (Wildman–Crippen LogP) is 2.94. The van der Waals surface area contributed by atoms with E-state index in [2.05, 4.69) is 15.6 Å². The third kappa shape index (κ3) is 4.03. The maximum atomic E-state index is 12.5. The van der Waals surface area contributed by atoms with Gasteiger partial charge in [-0.2, -0.15) is 0 Å². The minimum atomic E-state index is -0.309. The van der Waals surface area contributed by atoms with Crippen LogP contribution in [0.15, 0.2) is 71.8 Å². The van der Waals surface area contributed by atoms with Crippen molar-refractivity contribution in [3.63, 3.8) is 0 Å². The molecule has 7 nitrogen and oxygen atoms in total. The fourth-order valence-electron chi connectivity index (χ4n) is 3.27. The molecular formula is C21H20N4O3. The van der Waals surface area contributed by atoms with Crippen LogP contribution in [0.2, 0.25) is 0 Å². The van der Waals surface area contributed by atoms with Gasteiger partial charge in [-0.15, -0.1) is 0 Å². The van der Waals surface area contributed by atoms with Crippen LogP contribution in [0.1, 0.15) is 23.6 Å². The highest BCUT2D eigenvalue weighted by molar-refractivity contribution is 5.89. The minimum absolute atomic E-state index is 0.0953. The summed E-state index contributed by atoms with van der Waals surface area (Å²) < 4.78 is 7.14. The molecule has 1 aromatic heterocycles. The quantitative estimate of drug-likeness (QED) is 0.733. The van der Waals surface area contributed by atoms with Gasteiger partial charge in [0.15, 0.2) is 0 Å². The van der Waals surface area contributed by atoms with Crippen molar-refractivity contribution < 1.29 is 9.53 Å². The van der Waals surface area contributed by atoms with Crippen LogP contribution in [-0.2, 0) is 6.54 Å². The van der Waals surface area contributed by atoms with E-state index in [0.29, 0.717) is 25.3 Å². The Hall–Kier alpha value is -3.61. The lowest BCUT2D eigenvalue weighted by molar-refractivity contribution is 0.232. The summed E-state index contributed by atoms with van der Waals surface area (Å²) in [7, 11) is 0. The van der Waals surface area contributed by atoms with Gasteiger partial charge < -0.3 is 15.4 Å². The number of para-hydroxylation sites is 1. The number of fused-ring (bicyclic) bond motifs is 1. The molecule has 2 aromatic carbocycles. The fraction of sp³-hybridized carbons (Fsp3) is 0.190. The Kier molecular flexibility index (Phi) is 5.05. The van der Waals surface area contributed by atoms with Crippen molar-refractivity contribution in [2.24, 2.45) is 0 Å². The number of rotatable bonds is 4. The summed E-state index contributed by atoms with van der Waals surface area (Å²) in [6, 6.07) is 16.5. The van der Waals surface area contributed by atoms with Crippen LogP contribution in [-0.4, -0.2) is 22.2 Å². The number of hydrogen-bond donors (Lipinski definition) is 2. The largest absolute Gasteiger partial charge is 0.493 e. The van der Waals surface area contributed by atoms with Gasteiger partial charge in [0, 0.05) is 30.1 Å². The summed E-state index contributed by atoms with van der Waals surface area (Å²) in [5, 5.41) is 5.87. The zero-order chi connectivity index (χ0) is 19.3. The van der Waals surface area contributed by atoms with Crippen molar-refractivity contribution in [1.29, 1.82) is 0 Å². The van der Waals surface area contributed by atoms with Crippen molar-refractivity contribution in [2.45, 2.75) is 19.0 Å². The number of amides is 2. The normalized spacial score (nSPS) is 15.2. The number of anilines is 1. The van der Waals surface area contributed by atoms with Gasteiger partial charge in [0.1, 0.15) is 5.75 Å². The van der Waals surface area contributed by atoms with E-state index in [1.165, 1.54) is 10.8 Å². The van der Waals surface area contributed by atoms with Gasteiger partial charge in [-0.3, -0.25) is 4.57 Å². The maximum Gasteiger partial charge on any atom is 0.347 e. The molecule has 7 heteroatoms. The molecule has 142 valence electrons. The number of carbonyl (C=O) groups excluding carboxylic acids is 1. The molecule has 1 atom stereocenters. The molecule has 0 radical (unpaired) electrons. The zero-order valence-corrected chi connectivity index (χ0v) is 15.2. The number of benzene rings is 2. The molecule has 2 heterocycles. The molecule has 4 rings (SSSR count). The van der Waals surface area contributed by atoms with Crippen LogP contribution in [0.5, 0.6) is 5.75 Å². The summed E-state index contributed by atoms with van der Waals surface area (Å²) in [5.41, 5.74) is 2.22. The molecule has 0 bridgehead atoms. The molecule has 1 aliphatic heterocycles. The van der Waals surface area contributed by atoms with Gasteiger partial charge in [0.25, 0.3) is 0 Å². The summed E-state index contributed by atoms with van der Waals surface area (Å²) in [6.45, 7) is 0.953. The van der Waals surface area contributed by atoms with Gasteiger partial charge in [0.05, 0.1) is 19.2 Å². The van der Waals surface area contributed by atoms with Crippen molar-refractivity contribution in [2.75, 3.05) is 11.9 Å². The second-order valence-electron chi connectivity index (χ2n) is 6.56. The average molecular weight is 376 g/mol. The van der Waals surface area contributed by atoms with Crippen LogP contribution in [0.3, 0.4) is 0 Å². The number of ether oxygens (including phenoxy) is 1. The number of hydrogen-bond acceptors (Lipinski definition) is 4. The number of nitrogens with one attached hydrogen (secondary N) is 2. The topological polar surface area (TPSA) is 85.2 Å². The molecule has 0 spiro atoms. The Bertz CT molecular complexity index is 1050. The molecule has 2 N–H and O–H groups in total. The molecule has 0 saturated heterocycles. The van der Waals surface area contributed by atoms with E-state index in [9.17, 15) is 9.59 Å². The third-order valence-corrected chi connectivity index (χ3v) is 4.58. The third-order valence-electron chi connectivity index (χ3n) is 4.58. The number of nitrogens with zero attached hydrogens (tertiary/aromatic N) is 2. The SMILES string of the molecule is O=C(Nc1cccc(Cn2cccnc2=O)c1)NC1CCOc2ccccc21. The number of carbonyl (C=O) groups is 1. The van der Waals surface area contributed by atoms with Crippen molar-refractivity contribution in [1.82, 2.24) is 14.9 Å². The Labute approximate surface area is 162 Å². The Morgan fingerprint density at radius 1 is 1.18 bits per heavy atom. The monoisotopic (exact) mass is 376 g/mol. The molecular weight excluding hydrogens is 356 g/mol. The van der Waals surface area contributed by atoms with Crippen LogP contribution in [0, 0.1) is 0 Å². The molecule has 2 amide bonds. The number of urea groups is 1. The first-order valence-electron chi connectivity index (χ1n) is 9.09. The number of aromatic nitrogens is 2. The molecule has 0 fully saturated rings. The molecule has 1 aliphatic rings. The lowest BCUT2D eigenvalue weighted by Gasteiger charge is -2.26. The van der Waals surface area contributed by atoms with E-state index in [0.717, 1.165) is 16.9 Å². The van der Waals surface area contributed by atoms with Crippen molar-refractivity contribution in [3.8, 4) is 5.75 Å². The molecule has 1 unspecified atom stereocenters.